The summed E-state index contributed by atoms with van der Waals surface area (Å²) in [5.41, 5.74) is 3.34. The number of ether oxygens (including phenoxy) is 1. The van der Waals surface area contributed by atoms with E-state index in [2.05, 4.69) is 50.3 Å². The summed E-state index contributed by atoms with van der Waals surface area (Å²) in [5, 5.41) is 6.66. The molecule has 0 fully saturated rings. The van der Waals surface area contributed by atoms with Crippen LogP contribution in [0.5, 0.6) is 0 Å². The smallest absolute Gasteiger partial charge is 0.191 e. The summed E-state index contributed by atoms with van der Waals surface area (Å²) in [6.45, 7) is 4.20. The minimum absolute atomic E-state index is 0. The fraction of sp³-hybridized carbons (Fsp3) is 0.364. The zero-order valence-electron chi connectivity index (χ0n) is 17.3. The molecule has 0 spiro atoms. The molecule has 6 nitrogen and oxygen atoms in total. The van der Waals surface area contributed by atoms with Gasteiger partial charge in [0.2, 0.25) is 0 Å². The number of aromatic nitrogens is 2. The molecular formula is C22H30IN5O. The van der Waals surface area contributed by atoms with Crippen molar-refractivity contribution in [1.29, 1.82) is 0 Å². The Morgan fingerprint density at radius 1 is 1.10 bits per heavy atom. The maximum absolute atomic E-state index is 5.91. The van der Waals surface area contributed by atoms with E-state index in [1.165, 1.54) is 5.56 Å². The highest BCUT2D eigenvalue weighted by molar-refractivity contribution is 14.0. The van der Waals surface area contributed by atoms with Crippen LogP contribution in [-0.2, 0) is 18.3 Å². The number of nitrogens with one attached hydrogen (secondary N) is 2. The standard InChI is InChI=1S/C22H29N5O.HI/c1-17(18-10-5-4-6-11-18)28-15-9-14-24-22(23-2)25-16-21-26-19-12-7-8-13-20(19)27(21)3;/h4-8,10-13,17H,9,14-16H2,1-3H3,(H2,23,24,25);1H. The maximum atomic E-state index is 5.91. The maximum Gasteiger partial charge on any atom is 0.191 e. The van der Waals surface area contributed by atoms with E-state index >= 15 is 0 Å². The van der Waals surface area contributed by atoms with E-state index in [0.29, 0.717) is 13.2 Å². The number of fused-ring (bicyclic) bond motifs is 1. The molecule has 0 saturated heterocycles. The monoisotopic (exact) mass is 507 g/mol. The lowest BCUT2D eigenvalue weighted by Gasteiger charge is -2.15. The second-order valence-corrected chi connectivity index (χ2v) is 6.71. The molecular weight excluding hydrogens is 477 g/mol. The van der Waals surface area contributed by atoms with Crippen LogP contribution in [0.4, 0.5) is 0 Å². The Balaban J connectivity index is 0.00000300. The van der Waals surface area contributed by atoms with Gasteiger partial charge in [0.25, 0.3) is 0 Å². The molecule has 156 valence electrons. The average Bonchev–Trinajstić information content (AvgIpc) is 3.06. The second kappa shape index (κ2) is 11.8. The van der Waals surface area contributed by atoms with Crippen molar-refractivity contribution in [3.8, 4) is 0 Å². The molecule has 0 aliphatic heterocycles. The molecule has 1 heterocycles. The fourth-order valence-corrected chi connectivity index (χ4v) is 3.10. The number of nitrogens with zero attached hydrogens (tertiary/aromatic N) is 3. The molecule has 1 atom stereocenters. The zero-order chi connectivity index (χ0) is 19.8. The van der Waals surface area contributed by atoms with Crippen LogP contribution in [-0.4, -0.2) is 35.7 Å². The highest BCUT2D eigenvalue weighted by Gasteiger charge is 2.08. The number of benzene rings is 2. The SMILES string of the molecule is CN=C(NCCCOC(C)c1ccccc1)NCc1nc2ccccc2n1C.I. The van der Waals surface area contributed by atoms with Crippen LogP contribution in [0.2, 0.25) is 0 Å². The van der Waals surface area contributed by atoms with Crippen molar-refractivity contribution in [1.82, 2.24) is 20.2 Å². The second-order valence-electron chi connectivity index (χ2n) is 6.71. The van der Waals surface area contributed by atoms with Crippen LogP contribution in [0, 0.1) is 0 Å². The number of aliphatic imine (C=N–C) groups is 1. The van der Waals surface area contributed by atoms with Gasteiger partial charge in [0.1, 0.15) is 5.82 Å². The van der Waals surface area contributed by atoms with Gasteiger partial charge in [-0.3, -0.25) is 4.99 Å². The number of rotatable bonds is 8. The summed E-state index contributed by atoms with van der Waals surface area (Å²) in [6.07, 6.45) is 1.01. The van der Waals surface area contributed by atoms with Gasteiger partial charge >= 0.3 is 0 Å². The highest BCUT2D eigenvalue weighted by atomic mass is 127. The van der Waals surface area contributed by atoms with Gasteiger partial charge in [-0.25, -0.2) is 4.98 Å². The Hall–Kier alpha value is -2.13. The fourth-order valence-electron chi connectivity index (χ4n) is 3.10. The lowest BCUT2D eigenvalue weighted by atomic mass is 10.1. The Morgan fingerprint density at radius 3 is 2.55 bits per heavy atom. The number of hydrogen-bond donors (Lipinski definition) is 2. The summed E-state index contributed by atoms with van der Waals surface area (Å²) in [5.74, 6) is 1.74. The molecule has 0 radical (unpaired) electrons. The third-order valence-corrected chi connectivity index (χ3v) is 4.77. The predicted octanol–water partition coefficient (Wildman–Crippen LogP) is 4.02. The number of para-hydroxylation sites is 2. The largest absolute Gasteiger partial charge is 0.374 e. The van der Waals surface area contributed by atoms with Gasteiger partial charge in [-0.1, -0.05) is 42.5 Å². The third-order valence-electron chi connectivity index (χ3n) is 4.77. The lowest BCUT2D eigenvalue weighted by molar-refractivity contribution is 0.0646. The molecule has 0 bridgehead atoms. The van der Waals surface area contributed by atoms with E-state index in [9.17, 15) is 0 Å². The first-order valence-electron chi connectivity index (χ1n) is 9.70. The zero-order valence-corrected chi connectivity index (χ0v) is 19.6. The van der Waals surface area contributed by atoms with Crippen molar-refractivity contribution in [3.05, 3.63) is 66.0 Å². The van der Waals surface area contributed by atoms with E-state index in [1.54, 1.807) is 7.05 Å². The van der Waals surface area contributed by atoms with Gasteiger partial charge in [0, 0.05) is 27.2 Å². The van der Waals surface area contributed by atoms with Gasteiger partial charge < -0.3 is 19.9 Å². The van der Waals surface area contributed by atoms with E-state index in [0.717, 1.165) is 35.8 Å². The molecule has 3 aromatic rings. The van der Waals surface area contributed by atoms with Crippen LogP contribution in [0.3, 0.4) is 0 Å². The molecule has 2 aromatic carbocycles. The van der Waals surface area contributed by atoms with Crippen molar-refractivity contribution in [2.24, 2.45) is 12.0 Å². The Kier molecular flexibility index (Phi) is 9.40. The first kappa shape index (κ1) is 23.2. The topological polar surface area (TPSA) is 63.5 Å². The average molecular weight is 507 g/mol. The van der Waals surface area contributed by atoms with Gasteiger partial charge in [0.15, 0.2) is 5.96 Å². The Labute approximate surface area is 189 Å². The van der Waals surface area contributed by atoms with Crippen molar-refractivity contribution in [3.63, 3.8) is 0 Å². The molecule has 1 aromatic heterocycles. The van der Waals surface area contributed by atoms with Crippen molar-refractivity contribution >= 4 is 41.0 Å². The summed E-state index contributed by atoms with van der Waals surface area (Å²) >= 11 is 0. The molecule has 1 unspecified atom stereocenters. The summed E-state index contributed by atoms with van der Waals surface area (Å²) in [7, 11) is 3.81. The molecule has 7 heteroatoms. The van der Waals surface area contributed by atoms with Crippen LogP contribution in [0.1, 0.15) is 30.8 Å². The minimum Gasteiger partial charge on any atom is -0.374 e. The number of hydrogen-bond acceptors (Lipinski definition) is 3. The molecule has 3 rings (SSSR count). The Bertz CT molecular complexity index is 910. The van der Waals surface area contributed by atoms with Crippen LogP contribution >= 0.6 is 24.0 Å². The quantitative estimate of drug-likeness (QED) is 0.209. The summed E-state index contributed by atoms with van der Waals surface area (Å²) < 4.78 is 8.01. The van der Waals surface area contributed by atoms with E-state index in [4.69, 9.17) is 4.74 Å². The summed E-state index contributed by atoms with van der Waals surface area (Å²) in [4.78, 5) is 8.96. The number of imidazole rings is 1. The normalized spacial score (nSPS) is 12.4. The number of halogens is 1. The van der Waals surface area contributed by atoms with Gasteiger partial charge in [-0.15, -0.1) is 24.0 Å². The third kappa shape index (κ3) is 6.43. The number of aryl methyl sites for hydroxylation is 1. The van der Waals surface area contributed by atoms with Crippen molar-refractivity contribution in [2.45, 2.75) is 26.0 Å². The van der Waals surface area contributed by atoms with Gasteiger partial charge in [-0.05, 0) is 31.0 Å². The highest BCUT2D eigenvalue weighted by Crippen LogP contribution is 2.16. The molecule has 2 N–H and O–H groups in total. The minimum atomic E-state index is 0. The summed E-state index contributed by atoms with van der Waals surface area (Å²) in [6, 6.07) is 18.4. The molecule has 0 aliphatic rings. The van der Waals surface area contributed by atoms with E-state index in [1.807, 2.05) is 43.4 Å². The predicted molar refractivity (Wildman–Crippen MR) is 130 cm³/mol. The first-order chi connectivity index (χ1) is 13.7. The molecule has 0 saturated carbocycles. The van der Waals surface area contributed by atoms with Crippen LogP contribution in [0.15, 0.2) is 59.6 Å². The van der Waals surface area contributed by atoms with Crippen LogP contribution < -0.4 is 10.6 Å². The number of guanidine groups is 1. The van der Waals surface area contributed by atoms with E-state index < -0.39 is 0 Å². The lowest BCUT2D eigenvalue weighted by Crippen LogP contribution is -2.38. The van der Waals surface area contributed by atoms with Gasteiger partial charge in [-0.2, -0.15) is 0 Å². The molecule has 29 heavy (non-hydrogen) atoms. The first-order valence-corrected chi connectivity index (χ1v) is 9.70. The molecule has 0 aliphatic carbocycles. The molecule has 0 amide bonds. The van der Waals surface area contributed by atoms with Crippen LogP contribution in [0.25, 0.3) is 11.0 Å². The van der Waals surface area contributed by atoms with E-state index in [-0.39, 0.29) is 30.1 Å². The Morgan fingerprint density at radius 2 is 1.83 bits per heavy atom. The van der Waals surface area contributed by atoms with Crippen molar-refractivity contribution in [2.75, 3.05) is 20.2 Å². The van der Waals surface area contributed by atoms with Crippen molar-refractivity contribution < 1.29 is 4.74 Å². The van der Waals surface area contributed by atoms with Gasteiger partial charge in [0.05, 0.1) is 23.7 Å².